The summed E-state index contributed by atoms with van der Waals surface area (Å²) in [5.74, 6) is 0.382. The maximum absolute atomic E-state index is 11.2. The van der Waals surface area contributed by atoms with Gasteiger partial charge in [-0.2, -0.15) is 4.98 Å². The number of hydrogen-bond acceptors (Lipinski definition) is 7. The van der Waals surface area contributed by atoms with Crippen LogP contribution in [-0.4, -0.2) is 40.2 Å². The Labute approximate surface area is 109 Å². The van der Waals surface area contributed by atoms with Crippen LogP contribution in [0.2, 0.25) is 0 Å². The zero-order valence-electron chi connectivity index (χ0n) is 10.6. The molecule has 0 radical (unpaired) electrons. The van der Waals surface area contributed by atoms with Crippen LogP contribution < -0.4 is 10.6 Å². The van der Waals surface area contributed by atoms with Crippen molar-refractivity contribution in [2.24, 2.45) is 0 Å². The zero-order valence-corrected chi connectivity index (χ0v) is 10.6. The lowest BCUT2D eigenvalue weighted by Crippen LogP contribution is -2.43. The third-order valence-electron chi connectivity index (χ3n) is 3.58. The number of anilines is 2. The Morgan fingerprint density at radius 1 is 1.37 bits per heavy atom. The van der Waals surface area contributed by atoms with Crippen molar-refractivity contribution in [1.82, 2.24) is 9.97 Å². The number of ether oxygens (including phenoxy) is 1. The van der Waals surface area contributed by atoms with Crippen LogP contribution in [0.3, 0.4) is 0 Å². The second-order valence-corrected chi connectivity index (χ2v) is 4.96. The van der Waals surface area contributed by atoms with E-state index in [0.29, 0.717) is 24.6 Å². The standard InChI is InChI=1S/C11H15N5O3/c1-6-9(16(17)18)10(14-11(12)13-6)15-4-7-2-3-8(5-15)19-7/h7-8H,2-5H2,1H3,(H2,12,13,14). The molecule has 2 bridgehead atoms. The number of aryl methyl sites for hydroxylation is 1. The van der Waals surface area contributed by atoms with E-state index in [1.54, 1.807) is 6.92 Å². The van der Waals surface area contributed by atoms with Crippen LogP contribution in [0.5, 0.6) is 0 Å². The van der Waals surface area contributed by atoms with Gasteiger partial charge in [-0.25, -0.2) is 4.98 Å². The number of morpholine rings is 1. The highest BCUT2D eigenvalue weighted by Crippen LogP contribution is 2.34. The normalized spacial score (nSPS) is 25.6. The summed E-state index contributed by atoms with van der Waals surface area (Å²) in [6, 6.07) is 0. The quantitative estimate of drug-likeness (QED) is 0.617. The summed E-state index contributed by atoms with van der Waals surface area (Å²) in [5.41, 5.74) is 5.86. The molecule has 0 saturated carbocycles. The van der Waals surface area contributed by atoms with Gasteiger partial charge in [0.05, 0.1) is 17.1 Å². The van der Waals surface area contributed by atoms with E-state index >= 15 is 0 Å². The second-order valence-electron chi connectivity index (χ2n) is 4.96. The van der Waals surface area contributed by atoms with Crippen molar-refractivity contribution in [2.75, 3.05) is 23.7 Å². The molecule has 0 aliphatic carbocycles. The molecule has 2 saturated heterocycles. The Kier molecular flexibility index (Phi) is 2.74. The number of nitrogen functional groups attached to an aromatic ring is 1. The molecule has 1 aromatic rings. The van der Waals surface area contributed by atoms with Gasteiger partial charge in [0.2, 0.25) is 11.8 Å². The number of nitrogens with two attached hydrogens (primary N) is 1. The van der Waals surface area contributed by atoms with Gasteiger partial charge in [-0.15, -0.1) is 0 Å². The molecule has 2 atom stereocenters. The summed E-state index contributed by atoms with van der Waals surface area (Å²) < 4.78 is 5.72. The SMILES string of the molecule is Cc1nc(N)nc(N2CC3CCC(C2)O3)c1[N+](=O)[O-]. The van der Waals surface area contributed by atoms with Crippen molar-refractivity contribution in [3.05, 3.63) is 15.8 Å². The topological polar surface area (TPSA) is 107 Å². The molecule has 2 aliphatic heterocycles. The highest BCUT2D eigenvalue weighted by molar-refractivity contribution is 5.62. The van der Waals surface area contributed by atoms with Crippen LogP contribution in [0.25, 0.3) is 0 Å². The lowest BCUT2D eigenvalue weighted by molar-refractivity contribution is -0.385. The maximum atomic E-state index is 11.2. The van der Waals surface area contributed by atoms with Crippen molar-refractivity contribution in [3.8, 4) is 0 Å². The summed E-state index contributed by atoms with van der Waals surface area (Å²) in [4.78, 5) is 20.6. The lowest BCUT2D eigenvalue weighted by Gasteiger charge is -2.32. The molecule has 2 N–H and O–H groups in total. The molecule has 19 heavy (non-hydrogen) atoms. The predicted octanol–water partition coefficient (Wildman–Crippen LogP) is 0.643. The molecule has 0 amide bonds. The van der Waals surface area contributed by atoms with Crippen molar-refractivity contribution in [3.63, 3.8) is 0 Å². The predicted molar refractivity (Wildman–Crippen MR) is 67.9 cm³/mol. The number of rotatable bonds is 2. The van der Waals surface area contributed by atoms with E-state index in [1.165, 1.54) is 0 Å². The zero-order chi connectivity index (χ0) is 13.6. The summed E-state index contributed by atoms with van der Waals surface area (Å²) in [5, 5.41) is 11.2. The van der Waals surface area contributed by atoms with Crippen LogP contribution in [-0.2, 0) is 4.74 Å². The van der Waals surface area contributed by atoms with Gasteiger partial charge >= 0.3 is 5.69 Å². The van der Waals surface area contributed by atoms with Gasteiger partial charge in [-0.05, 0) is 19.8 Å². The summed E-state index contributed by atoms with van der Waals surface area (Å²) >= 11 is 0. The molecule has 2 fully saturated rings. The average molecular weight is 265 g/mol. The van der Waals surface area contributed by atoms with Crippen molar-refractivity contribution in [2.45, 2.75) is 32.0 Å². The second kappa shape index (κ2) is 4.30. The molecule has 2 unspecified atom stereocenters. The molecular weight excluding hydrogens is 250 g/mol. The van der Waals surface area contributed by atoms with Crippen molar-refractivity contribution < 1.29 is 9.66 Å². The highest BCUT2D eigenvalue weighted by Gasteiger charge is 2.37. The molecule has 102 valence electrons. The van der Waals surface area contributed by atoms with Crippen molar-refractivity contribution in [1.29, 1.82) is 0 Å². The fourth-order valence-electron chi connectivity index (χ4n) is 2.80. The van der Waals surface area contributed by atoms with Crippen LogP contribution in [0.1, 0.15) is 18.5 Å². The Balaban J connectivity index is 2.01. The van der Waals surface area contributed by atoms with Crippen LogP contribution in [0, 0.1) is 17.0 Å². The molecule has 8 nitrogen and oxygen atoms in total. The Morgan fingerprint density at radius 2 is 2.00 bits per heavy atom. The largest absolute Gasteiger partial charge is 0.371 e. The fraction of sp³-hybridized carbons (Fsp3) is 0.636. The molecule has 0 aromatic carbocycles. The number of hydrogen-bond donors (Lipinski definition) is 1. The molecular formula is C11H15N5O3. The minimum absolute atomic E-state index is 0.0597. The van der Waals surface area contributed by atoms with Gasteiger partial charge in [0, 0.05) is 13.1 Å². The minimum Gasteiger partial charge on any atom is -0.371 e. The first-order chi connectivity index (χ1) is 9.04. The first kappa shape index (κ1) is 12.1. The van der Waals surface area contributed by atoms with E-state index in [4.69, 9.17) is 10.5 Å². The molecule has 3 rings (SSSR count). The smallest absolute Gasteiger partial charge is 0.332 e. The third kappa shape index (κ3) is 2.07. The van der Waals surface area contributed by atoms with Gasteiger partial charge in [-0.3, -0.25) is 10.1 Å². The molecule has 3 heterocycles. The van der Waals surface area contributed by atoms with Crippen LogP contribution >= 0.6 is 0 Å². The Morgan fingerprint density at radius 3 is 2.58 bits per heavy atom. The third-order valence-corrected chi connectivity index (χ3v) is 3.58. The average Bonchev–Trinajstić information content (AvgIpc) is 2.66. The number of nitro groups is 1. The maximum Gasteiger partial charge on any atom is 0.332 e. The first-order valence-electron chi connectivity index (χ1n) is 6.23. The minimum atomic E-state index is -0.443. The lowest BCUT2D eigenvalue weighted by atomic mass is 10.2. The van der Waals surface area contributed by atoms with Crippen LogP contribution in [0.15, 0.2) is 0 Å². The molecule has 8 heteroatoms. The summed E-state index contributed by atoms with van der Waals surface area (Å²) in [6.45, 7) is 2.81. The van der Waals surface area contributed by atoms with E-state index in [-0.39, 0.29) is 23.8 Å². The summed E-state index contributed by atoms with van der Waals surface area (Å²) in [6.07, 6.45) is 2.26. The first-order valence-corrected chi connectivity index (χ1v) is 6.23. The number of fused-ring (bicyclic) bond motifs is 2. The van der Waals surface area contributed by atoms with E-state index in [1.807, 2.05) is 4.90 Å². The van der Waals surface area contributed by atoms with E-state index in [9.17, 15) is 10.1 Å². The Hall–Kier alpha value is -1.96. The number of aromatic nitrogens is 2. The van der Waals surface area contributed by atoms with Gasteiger partial charge < -0.3 is 15.4 Å². The van der Waals surface area contributed by atoms with Gasteiger partial charge in [0.25, 0.3) is 0 Å². The fourth-order valence-corrected chi connectivity index (χ4v) is 2.80. The van der Waals surface area contributed by atoms with Crippen LogP contribution in [0.4, 0.5) is 17.5 Å². The summed E-state index contributed by atoms with van der Waals surface area (Å²) in [7, 11) is 0. The highest BCUT2D eigenvalue weighted by atomic mass is 16.6. The van der Waals surface area contributed by atoms with E-state index in [2.05, 4.69) is 9.97 Å². The van der Waals surface area contributed by atoms with E-state index in [0.717, 1.165) is 12.8 Å². The Bertz CT molecular complexity index is 523. The van der Waals surface area contributed by atoms with Gasteiger partial charge in [-0.1, -0.05) is 0 Å². The van der Waals surface area contributed by atoms with Gasteiger partial charge in [0.1, 0.15) is 5.69 Å². The van der Waals surface area contributed by atoms with Gasteiger partial charge in [0.15, 0.2) is 0 Å². The molecule has 0 spiro atoms. The number of nitrogens with zero attached hydrogens (tertiary/aromatic N) is 4. The van der Waals surface area contributed by atoms with Crippen molar-refractivity contribution >= 4 is 17.5 Å². The monoisotopic (exact) mass is 265 g/mol. The molecule has 1 aromatic heterocycles. The molecule has 2 aliphatic rings. The van der Waals surface area contributed by atoms with E-state index < -0.39 is 4.92 Å².